The summed E-state index contributed by atoms with van der Waals surface area (Å²) in [5.41, 5.74) is 0.826. The average molecular weight is 302 g/mol. The highest BCUT2D eigenvalue weighted by atomic mass is 35.5. The van der Waals surface area contributed by atoms with E-state index in [2.05, 4.69) is 0 Å². The summed E-state index contributed by atoms with van der Waals surface area (Å²) in [7, 11) is 1.71. The zero-order valence-corrected chi connectivity index (χ0v) is 12.3. The van der Waals surface area contributed by atoms with E-state index < -0.39 is 6.10 Å². The van der Waals surface area contributed by atoms with Crippen molar-refractivity contribution in [1.29, 1.82) is 0 Å². The van der Waals surface area contributed by atoms with E-state index in [1.54, 1.807) is 30.1 Å². The third-order valence-electron chi connectivity index (χ3n) is 3.39. The molecule has 0 saturated heterocycles. The Labute approximate surface area is 123 Å². The smallest absolute Gasteiger partial charge is 0.226 e. The Morgan fingerprint density at radius 1 is 1.42 bits per heavy atom. The van der Waals surface area contributed by atoms with E-state index in [0.29, 0.717) is 22.5 Å². The zero-order valence-electron chi connectivity index (χ0n) is 10.8. The molecule has 0 aliphatic heterocycles. The molecular weight excluding hydrogens is 285 g/mol. The predicted molar refractivity (Wildman–Crippen MR) is 76.5 cm³/mol. The molecule has 1 atom stereocenters. The van der Waals surface area contributed by atoms with E-state index in [1.807, 2.05) is 0 Å². The van der Waals surface area contributed by atoms with Crippen molar-refractivity contribution in [2.24, 2.45) is 5.92 Å². The van der Waals surface area contributed by atoms with Crippen molar-refractivity contribution >= 4 is 29.1 Å². The fraction of sp³-hybridized carbons (Fsp3) is 0.500. The van der Waals surface area contributed by atoms with Crippen LogP contribution in [-0.2, 0) is 11.2 Å². The number of likely N-dealkylation sites (N-methyl/N-ethyl adjacent to an activating group) is 1. The van der Waals surface area contributed by atoms with Crippen molar-refractivity contribution in [2.75, 3.05) is 13.6 Å². The number of carbonyl (C=O) groups is 1. The first kappa shape index (κ1) is 14.6. The number of amides is 1. The van der Waals surface area contributed by atoms with Crippen LogP contribution in [0.5, 0.6) is 0 Å². The number of aliphatic hydroxyl groups excluding tert-OH is 1. The average Bonchev–Trinajstić information content (AvgIpc) is 3.17. The highest BCUT2D eigenvalue weighted by Crippen LogP contribution is 2.32. The van der Waals surface area contributed by atoms with Gasteiger partial charge in [0.25, 0.3) is 0 Å². The molecule has 1 N–H and O–H groups in total. The van der Waals surface area contributed by atoms with Crippen molar-refractivity contribution in [3.05, 3.63) is 33.8 Å². The number of benzene rings is 1. The number of rotatable bonds is 5. The number of carbonyl (C=O) groups excluding carboxylic acids is 1. The SMILES string of the molecule is CN(CC(O)C1CC1)C(=O)Cc1ccc(Cl)c(Cl)c1. The van der Waals surface area contributed by atoms with Crippen LogP contribution in [0.4, 0.5) is 0 Å². The monoisotopic (exact) mass is 301 g/mol. The standard InChI is InChI=1S/C14H17Cl2NO2/c1-17(8-13(18)10-3-4-10)14(19)7-9-2-5-11(15)12(16)6-9/h2,5-6,10,13,18H,3-4,7-8H2,1H3. The highest BCUT2D eigenvalue weighted by Gasteiger charge is 2.31. The lowest BCUT2D eigenvalue weighted by Gasteiger charge is -2.20. The van der Waals surface area contributed by atoms with Crippen LogP contribution in [0.15, 0.2) is 18.2 Å². The number of halogens is 2. The molecule has 1 amide bonds. The van der Waals surface area contributed by atoms with Crippen molar-refractivity contribution < 1.29 is 9.90 Å². The Morgan fingerprint density at radius 3 is 2.68 bits per heavy atom. The lowest BCUT2D eigenvalue weighted by Crippen LogP contribution is -2.36. The van der Waals surface area contributed by atoms with E-state index in [0.717, 1.165) is 18.4 Å². The molecule has 2 rings (SSSR count). The minimum Gasteiger partial charge on any atom is -0.391 e. The Hall–Kier alpha value is -0.770. The Bertz CT molecular complexity index is 475. The lowest BCUT2D eigenvalue weighted by molar-refractivity contribution is -0.130. The second-order valence-corrected chi connectivity index (χ2v) is 5.92. The highest BCUT2D eigenvalue weighted by molar-refractivity contribution is 6.42. The Kier molecular flexibility index (Phi) is 4.71. The van der Waals surface area contributed by atoms with Crippen LogP contribution in [0.25, 0.3) is 0 Å². The molecule has 104 valence electrons. The third kappa shape index (κ3) is 4.10. The molecule has 0 bridgehead atoms. The fourth-order valence-corrected chi connectivity index (χ4v) is 2.29. The van der Waals surface area contributed by atoms with Crippen molar-refractivity contribution in [3.8, 4) is 0 Å². The molecule has 1 aromatic rings. The molecule has 19 heavy (non-hydrogen) atoms. The summed E-state index contributed by atoms with van der Waals surface area (Å²) in [4.78, 5) is 13.6. The molecule has 5 heteroatoms. The van der Waals surface area contributed by atoms with Crippen LogP contribution in [0.1, 0.15) is 18.4 Å². The topological polar surface area (TPSA) is 40.5 Å². The summed E-state index contributed by atoms with van der Waals surface area (Å²) in [5, 5.41) is 10.8. The molecule has 3 nitrogen and oxygen atoms in total. The van der Waals surface area contributed by atoms with E-state index in [4.69, 9.17) is 23.2 Å². The summed E-state index contributed by atoms with van der Waals surface area (Å²) in [5.74, 6) is 0.346. The van der Waals surface area contributed by atoms with Gasteiger partial charge in [0.05, 0.1) is 22.6 Å². The largest absolute Gasteiger partial charge is 0.391 e. The van der Waals surface area contributed by atoms with Gasteiger partial charge in [0, 0.05) is 13.6 Å². The quantitative estimate of drug-likeness (QED) is 0.908. The van der Waals surface area contributed by atoms with Gasteiger partial charge < -0.3 is 10.0 Å². The van der Waals surface area contributed by atoms with Crippen LogP contribution in [0.3, 0.4) is 0 Å². The molecule has 1 aromatic carbocycles. The Morgan fingerprint density at radius 2 is 2.11 bits per heavy atom. The summed E-state index contributed by atoms with van der Waals surface area (Å²) in [6, 6.07) is 5.18. The van der Waals surface area contributed by atoms with Gasteiger partial charge in [-0.25, -0.2) is 0 Å². The first-order valence-corrected chi connectivity index (χ1v) is 7.09. The van der Waals surface area contributed by atoms with Gasteiger partial charge in [0.1, 0.15) is 0 Å². The van der Waals surface area contributed by atoms with Crippen molar-refractivity contribution in [1.82, 2.24) is 4.90 Å². The van der Waals surface area contributed by atoms with Crippen LogP contribution in [0.2, 0.25) is 10.0 Å². The van der Waals surface area contributed by atoms with E-state index in [1.165, 1.54) is 0 Å². The van der Waals surface area contributed by atoms with Gasteiger partial charge in [-0.3, -0.25) is 4.79 Å². The predicted octanol–water partition coefficient (Wildman–Crippen LogP) is 2.77. The molecule has 1 saturated carbocycles. The second kappa shape index (κ2) is 6.12. The molecule has 1 aliphatic carbocycles. The minimum atomic E-state index is -0.400. The number of aliphatic hydroxyl groups is 1. The van der Waals surface area contributed by atoms with Gasteiger partial charge in [-0.05, 0) is 36.5 Å². The van der Waals surface area contributed by atoms with Gasteiger partial charge in [-0.2, -0.15) is 0 Å². The van der Waals surface area contributed by atoms with Gasteiger partial charge in [-0.15, -0.1) is 0 Å². The maximum absolute atomic E-state index is 12.0. The summed E-state index contributed by atoms with van der Waals surface area (Å²) < 4.78 is 0. The summed E-state index contributed by atoms with van der Waals surface area (Å²) in [6.07, 6.45) is 2.00. The van der Waals surface area contributed by atoms with Crippen LogP contribution in [-0.4, -0.2) is 35.6 Å². The maximum Gasteiger partial charge on any atom is 0.226 e. The zero-order chi connectivity index (χ0) is 14.0. The molecule has 0 aromatic heterocycles. The molecule has 1 fully saturated rings. The first-order chi connectivity index (χ1) is 8.97. The molecule has 0 spiro atoms. The fourth-order valence-electron chi connectivity index (χ4n) is 1.97. The van der Waals surface area contributed by atoms with Gasteiger partial charge >= 0.3 is 0 Å². The number of hydrogen-bond acceptors (Lipinski definition) is 2. The Balaban J connectivity index is 1.90. The van der Waals surface area contributed by atoms with Gasteiger partial charge in [-0.1, -0.05) is 29.3 Å². The van der Waals surface area contributed by atoms with E-state index >= 15 is 0 Å². The van der Waals surface area contributed by atoms with Crippen molar-refractivity contribution in [2.45, 2.75) is 25.4 Å². The molecule has 1 unspecified atom stereocenters. The lowest BCUT2D eigenvalue weighted by atomic mass is 10.1. The molecule has 1 aliphatic rings. The normalized spacial score (nSPS) is 16.2. The van der Waals surface area contributed by atoms with Gasteiger partial charge in [0.2, 0.25) is 5.91 Å². The number of hydrogen-bond donors (Lipinski definition) is 1. The molecule has 0 radical (unpaired) electrons. The third-order valence-corrected chi connectivity index (χ3v) is 4.13. The van der Waals surface area contributed by atoms with Crippen molar-refractivity contribution in [3.63, 3.8) is 0 Å². The molecular formula is C14H17Cl2NO2. The van der Waals surface area contributed by atoms with E-state index in [-0.39, 0.29) is 12.3 Å². The van der Waals surface area contributed by atoms with Gasteiger partial charge in [0.15, 0.2) is 0 Å². The minimum absolute atomic E-state index is 0.0295. The summed E-state index contributed by atoms with van der Waals surface area (Å²) in [6.45, 7) is 0.394. The number of nitrogens with zero attached hydrogens (tertiary/aromatic N) is 1. The molecule has 0 heterocycles. The van der Waals surface area contributed by atoms with E-state index in [9.17, 15) is 9.90 Å². The van der Waals surface area contributed by atoms with Crippen LogP contribution >= 0.6 is 23.2 Å². The first-order valence-electron chi connectivity index (χ1n) is 6.33. The maximum atomic E-state index is 12.0. The van der Waals surface area contributed by atoms with Crippen LogP contribution < -0.4 is 0 Å². The summed E-state index contributed by atoms with van der Waals surface area (Å²) >= 11 is 11.7. The van der Waals surface area contributed by atoms with Crippen LogP contribution in [0, 0.1) is 5.92 Å². The second-order valence-electron chi connectivity index (χ2n) is 5.10.